The number of nitrogens with zero attached hydrogens (tertiary/aromatic N) is 5. The van der Waals surface area contributed by atoms with E-state index in [9.17, 15) is 13.6 Å². The predicted molar refractivity (Wildman–Crippen MR) is 112 cm³/mol. The van der Waals surface area contributed by atoms with Crippen LogP contribution in [-0.4, -0.2) is 53.5 Å². The summed E-state index contributed by atoms with van der Waals surface area (Å²) in [6.07, 6.45) is 11.0. The Hall–Kier alpha value is -2.55. The molecule has 2 aliphatic rings. The molecule has 0 radical (unpaired) electrons. The van der Waals surface area contributed by atoms with Gasteiger partial charge in [-0.1, -0.05) is 6.07 Å². The Labute approximate surface area is 174 Å². The molecule has 29 heavy (non-hydrogen) atoms. The van der Waals surface area contributed by atoms with Crippen LogP contribution in [-0.2, 0) is 4.79 Å². The average molecular weight is 422 g/mol. The third kappa shape index (κ3) is 8.55. The van der Waals surface area contributed by atoms with E-state index in [0.717, 1.165) is 49.4 Å². The van der Waals surface area contributed by atoms with Crippen molar-refractivity contribution in [3.63, 3.8) is 0 Å². The van der Waals surface area contributed by atoms with Gasteiger partial charge in [-0.25, -0.2) is 23.8 Å². The first-order valence-corrected chi connectivity index (χ1v) is 10.6. The number of carbonyl (C=O) groups is 1. The Balaban J connectivity index is 0.000000170. The summed E-state index contributed by atoms with van der Waals surface area (Å²) in [6.45, 7) is 3.04. The smallest absolute Gasteiger partial charge is 0.229 e. The van der Waals surface area contributed by atoms with Crippen molar-refractivity contribution >= 4 is 30.2 Å². The lowest BCUT2D eigenvalue weighted by Crippen LogP contribution is -2.30. The van der Waals surface area contributed by atoms with Gasteiger partial charge in [-0.2, -0.15) is 5.10 Å². The minimum Gasteiger partial charge on any atom is -0.356 e. The van der Waals surface area contributed by atoms with Crippen LogP contribution in [0.5, 0.6) is 0 Å². The molecule has 2 aromatic rings. The number of amides is 1. The van der Waals surface area contributed by atoms with Crippen LogP contribution in [0.3, 0.4) is 0 Å². The molecule has 156 valence electrons. The standard InChI is InChI=1S/C10H15N3S.C6H4F2.C4H6N2O/c1-14-10-7-9(11-8-12-10)13-5-3-2-4-6-13;7-5-2-1-3-6(8)4-5;7-4-6-3-1-2-5-6/h7-8H,2-6H2,1H3;1-4H;2,4H,1,3H2. The second-order valence-electron chi connectivity index (χ2n) is 6.26. The molecule has 0 unspecified atom stereocenters. The molecule has 0 aliphatic carbocycles. The number of carbonyl (C=O) groups excluding carboxylic acids is 1. The van der Waals surface area contributed by atoms with Crippen LogP contribution in [0.1, 0.15) is 25.7 Å². The highest BCUT2D eigenvalue weighted by molar-refractivity contribution is 7.98. The van der Waals surface area contributed by atoms with Crippen molar-refractivity contribution in [2.24, 2.45) is 5.10 Å². The normalized spacial score (nSPS) is 15.1. The molecule has 0 saturated carbocycles. The maximum absolute atomic E-state index is 11.9. The van der Waals surface area contributed by atoms with Crippen LogP contribution in [0.25, 0.3) is 0 Å². The van der Waals surface area contributed by atoms with Gasteiger partial charge in [0.1, 0.15) is 28.8 Å². The molecule has 1 aromatic carbocycles. The second kappa shape index (κ2) is 12.8. The Bertz CT molecular complexity index is 770. The average Bonchev–Trinajstić information content (AvgIpc) is 3.29. The zero-order chi connectivity index (χ0) is 20.9. The summed E-state index contributed by atoms with van der Waals surface area (Å²) < 4.78 is 23.9. The predicted octanol–water partition coefficient (Wildman–Crippen LogP) is 3.99. The highest BCUT2D eigenvalue weighted by Crippen LogP contribution is 2.20. The first kappa shape index (κ1) is 22.7. The molecular weight excluding hydrogens is 396 g/mol. The van der Waals surface area contributed by atoms with Crippen molar-refractivity contribution in [1.82, 2.24) is 15.0 Å². The lowest BCUT2D eigenvalue weighted by molar-refractivity contribution is -0.117. The number of aromatic nitrogens is 2. The first-order chi connectivity index (χ1) is 14.1. The lowest BCUT2D eigenvalue weighted by atomic mass is 10.1. The van der Waals surface area contributed by atoms with Crippen LogP contribution >= 0.6 is 11.8 Å². The minimum absolute atomic E-state index is 0.537. The zero-order valence-electron chi connectivity index (χ0n) is 16.4. The molecule has 3 heterocycles. The Morgan fingerprint density at radius 3 is 2.24 bits per heavy atom. The molecule has 1 aromatic heterocycles. The van der Waals surface area contributed by atoms with Gasteiger partial charge in [0.2, 0.25) is 6.41 Å². The molecule has 0 atom stereocenters. The quantitative estimate of drug-likeness (QED) is 0.426. The number of benzene rings is 1. The molecule has 0 spiro atoms. The van der Waals surface area contributed by atoms with Crippen molar-refractivity contribution in [3.05, 3.63) is 48.3 Å². The fourth-order valence-electron chi connectivity index (χ4n) is 2.69. The van der Waals surface area contributed by atoms with Crippen molar-refractivity contribution in [2.45, 2.75) is 30.7 Å². The van der Waals surface area contributed by atoms with Gasteiger partial charge in [0.25, 0.3) is 0 Å². The highest BCUT2D eigenvalue weighted by atomic mass is 32.2. The third-order valence-electron chi connectivity index (χ3n) is 4.14. The number of hydrogen-bond acceptors (Lipinski definition) is 6. The third-order valence-corrected chi connectivity index (χ3v) is 4.78. The molecule has 0 bridgehead atoms. The topological polar surface area (TPSA) is 61.7 Å². The molecule has 0 N–H and O–H groups in total. The van der Waals surface area contributed by atoms with E-state index in [4.69, 9.17) is 0 Å². The second-order valence-corrected chi connectivity index (χ2v) is 7.09. The van der Waals surface area contributed by atoms with E-state index < -0.39 is 11.6 Å². The fraction of sp³-hybridized carbons (Fsp3) is 0.400. The summed E-state index contributed by atoms with van der Waals surface area (Å²) >= 11 is 1.67. The number of rotatable bonds is 3. The van der Waals surface area contributed by atoms with Crippen LogP contribution in [0.2, 0.25) is 0 Å². The minimum atomic E-state index is -0.537. The number of hydrogen-bond donors (Lipinski definition) is 0. The van der Waals surface area contributed by atoms with E-state index in [1.807, 2.05) is 6.26 Å². The van der Waals surface area contributed by atoms with Gasteiger partial charge in [0.15, 0.2) is 0 Å². The van der Waals surface area contributed by atoms with Gasteiger partial charge in [0, 0.05) is 44.4 Å². The van der Waals surface area contributed by atoms with Crippen LogP contribution < -0.4 is 4.90 Å². The maximum atomic E-state index is 11.9. The Kier molecular flexibility index (Phi) is 10.1. The monoisotopic (exact) mass is 421 g/mol. The van der Waals surface area contributed by atoms with Gasteiger partial charge in [-0.15, -0.1) is 11.8 Å². The van der Waals surface area contributed by atoms with E-state index >= 15 is 0 Å². The molecule has 6 nitrogen and oxygen atoms in total. The van der Waals surface area contributed by atoms with Gasteiger partial charge >= 0.3 is 0 Å². The Morgan fingerprint density at radius 2 is 1.76 bits per heavy atom. The van der Waals surface area contributed by atoms with Crippen molar-refractivity contribution in [2.75, 3.05) is 30.8 Å². The lowest BCUT2D eigenvalue weighted by Gasteiger charge is -2.27. The Morgan fingerprint density at radius 1 is 1.03 bits per heavy atom. The van der Waals surface area contributed by atoms with E-state index in [-0.39, 0.29) is 0 Å². The maximum Gasteiger partial charge on any atom is 0.229 e. The summed E-state index contributed by atoms with van der Waals surface area (Å²) in [6, 6.07) is 6.63. The molecule has 1 amide bonds. The largest absolute Gasteiger partial charge is 0.356 e. The van der Waals surface area contributed by atoms with Gasteiger partial charge in [-0.3, -0.25) is 4.79 Å². The van der Waals surface area contributed by atoms with Crippen LogP contribution in [0.15, 0.2) is 46.8 Å². The van der Waals surface area contributed by atoms with Crippen molar-refractivity contribution in [1.29, 1.82) is 0 Å². The highest BCUT2D eigenvalue weighted by Gasteiger charge is 2.12. The molecule has 9 heteroatoms. The number of piperidine rings is 1. The summed E-state index contributed by atoms with van der Waals surface area (Å²) in [5, 5.41) is 6.13. The molecule has 2 aliphatic heterocycles. The van der Waals surface area contributed by atoms with Crippen molar-refractivity contribution in [3.8, 4) is 0 Å². The summed E-state index contributed by atoms with van der Waals surface area (Å²) in [5.74, 6) is 0.0130. The van der Waals surface area contributed by atoms with Gasteiger partial charge < -0.3 is 4.90 Å². The molecular formula is C20H25F2N5OS. The van der Waals surface area contributed by atoms with Crippen molar-refractivity contribution < 1.29 is 13.6 Å². The molecule has 1 fully saturated rings. The van der Waals surface area contributed by atoms with E-state index in [0.29, 0.717) is 0 Å². The summed E-state index contributed by atoms with van der Waals surface area (Å²) in [4.78, 5) is 20.7. The zero-order valence-corrected chi connectivity index (χ0v) is 17.2. The number of halogens is 2. The number of thioether (sulfide) groups is 1. The van der Waals surface area contributed by atoms with Gasteiger partial charge in [-0.05, 0) is 37.7 Å². The van der Waals surface area contributed by atoms with Gasteiger partial charge in [0.05, 0.1) is 0 Å². The SMILES string of the molecule is CSc1cc(N2CCCCC2)ncn1.Fc1cccc(F)c1.O=CN1CCC=N1. The fourth-order valence-corrected chi connectivity index (χ4v) is 3.06. The summed E-state index contributed by atoms with van der Waals surface area (Å²) in [7, 11) is 0. The van der Waals surface area contributed by atoms with E-state index in [2.05, 4.69) is 26.0 Å². The van der Waals surface area contributed by atoms with Crippen LogP contribution in [0, 0.1) is 11.6 Å². The molecule has 1 saturated heterocycles. The summed E-state index contributed by atoms with van der Waals surface area (Å²) in [5.41, 5.74) is 0. The number of hydrazone groups is 1. The first-order valence-electron chi connectivity index (χ1n) is 9.39. The molecule has 4 rings (SSSR count). The number of anilines is 1. The van der Waals surface area contributed by atoms with E-state index in [1.165, 1.54) is 42.5 Å². The van der Waals surface area contributed by atoms with Crippen LogP contribution in [0.4, 0.5) is 14.6 Å². The van der Waals surface area contributed by atoms with E-state index in [1.54, 1.807) is 24.3 Å².